The van der Waals surface area contributed by atoms with Crippen molar-refractivity contribution in [3.05, 3.63) is 59.7 Å². The Kier molecular flexibility index (Phi) is 15.2. The fraction of sp³-hybridized carbons (Fsp3) is 0.528. The summed E-state index contributed by atoms with van der Waals surface area (Å²) in [5.74, 6) is -0.461. The zero-order valence-corrected chi connectivity index (χ0v) is 32.1. The van der Waals surface area contributed by atoms with Gasteiger partial charge < -0.3 is 18.9 Å². The molecule has 0 spiro atoms. The number of nitrogens with zero attached hydrogens (tertiary/aromatic N) is 2. The Labute approximate surface area is 301 Å². The maximum absolute atomic E-state index is 13.2. The molecular formula is C36H52N4O10S. The zero-order chi connectivity index (χ0) is 38.6. The van der Waals surface area contributed by atoms with Gasteiger partial charge in [0.25, 0.3) is 0 Å². The van der Waals surface area contributed by atoms with E-state index in [1.165, 1.54) is 36.4 Å². The molecule has 0 saturated heterocycles. The highest BCUT2D eigenvalue weighted by Crippen LogP contribution is 2.20. The predicted molar refractivity (Wildman–Crippen MR) is 193 cm³/mol. The van der Waals surface area contributed by atoms with Crippen molar-refractivity contribution in [1.82, 2.24) is 14.3 Å². The lowest BCUT2D eigenvalue weighted by Crippen LogP contribution is -2.46. The number of ether oxygens (including phenoxy) is 4. The van der Waals surface area contributed by atoms with E-state index < -0.39 is 45.2 Å². The van der Waals surface area contributed by atoms with Gasteiger partial charge in [-0.25, -0.2) is 19.4 Å². The van der Waals surface area contributed by atoms with Gasteiger partial charge in [-0.1, -0.05) is 18.6 Å². The van der Waals surface area contributed by atoms with Gasteiger partial charge >= 0.3 is 34.3 Å². The lowest BCUT2D eigenvalue weighted by molar-refractivity contribution is -0.154. The van der Waals surface area contributed by atoms with Crippen LogP contribution < -0.4 is 14.8 Å². The number of rotatable bonds is 13. The van der Waals surface area contributed by atoms with Gasteiger partial charge in [-0.05, 0) is 124 Å². The van der Waals surface area contributed by atoms with Crippen LogP contribution >= 0.6 is 0 Å². The molecule has 0 aromatic heterocycles. The first-order valence-electron chi connectivity index (χ1n) is 16.6. The number of carbonyl (C=O) groups excluding carboxylic acids is 4. The summed E-state index contributed by atoms with van der Waals surface area (Å²) in [6, 6.07) is 12.2. The van der Waals surface area contributed by atoms with Gasteiger partial charge in [-0.15, -0.1) is 0 Å². The Bertz CT molecular complexity index is 1630. The molecule has 2 aromatic carbocycles. The summed E-state index contributed by atoms with van der Waals surface area (Å²) in [5.41, 5.74) is -1.02. The summed E-state index contributed by atoms with van der Waals surface area (Å²) in [5, 5.41) is 2.54. The quantitative estimate of drug-likeness (QED) is 0.0546. The first-order chi connectivity index (χ1) is 23.4. The van der Waals surface area contributed by atoms with Gasteiger partial charge in [0.05, 0.1) is 17.8 Å². The van der Waals surface area contributed by atoms with Crippen LogP contribution in [0.5, 0.6) is 5.75 Å². The van der Waals surface area contributed by atoms with Crippen LogP contribution in [-0.2, 0) is 35.8 Å². The largest absolute Gasteiger partial charge is 0.460 e. The average Bonchev–Trinajstić information content (AvgIpc) is 2.95. The van der Waals surface area contributed by atoms with E-state index in [1.54, 1.807) is 81.4 Å². The summed E-state index contributed by atoms with van der Waals surface area (Å²) < 4.78 is 50.9. The number of esters is 2. The van der Waals surface area contributed by atoms with Crippen molar-refractivity contribution in [3.8, 4) is 5.75 Å². The van der Waals surface area contributed by atoms with Gasteiger partial charge in [0, 0.05) is 13.0 Å². The Hall–Kier alpha value is -4.50. The molecule has 0 aliphatic heterocycles. The van der Waals surface area contributed by atoms with Crippen molar-refractivity contribution >= 4 is 45.9 Å². The minimum Gasteiger partial charge on any atom is -0.460 e. The fourth-order valence-electron chi connectivity index (χ4n) is 4.14. The Morgan fingerprint density at radius 1 is 0.745 bits per heavy atom. The normalized spacial score (nSPS) is 12.5. The van der Waals surface area contributed by atoms with Crippen LogP contribution in [0, 0.1) is 0 Å². The van der Waals surface area contributed by atoms with Crippen LogP contribution in [-0.4, -0.2) is 66.0 Å². The highest BCUT2D eigenvalue weighted by atomic mass is 32.2. The van der Waals surface area contributed by atoms with E-state index in [2.05, 4.69) is 15.0 Å². The van der Waals surface area contributed by atoms with Gasteiger partial charge in [0.1, 0.15) is 28.4 Å². The van der Waals surface area contributed by atoms with Gasteiger partial charge in [-0.3, -0.25) is 10.1 Å². The van der Waals surface area contributed by atoms with Crippen molar-refractivity contribution < 1.29 is 46.5 Å². The molecule has 0 heterocycles. The summed E-state index contributed by atoms with van der Waals surface area (Å²) in [7, 11) is -4.31. The maximum Gasteiger partial charge on any atom is 0.425 e. The number of unbranched alkanes of at least 4 members (excludes halogenated alkanes) is 2. The number of amides is 2. The van der Waals surface area contributed by atoms with Gasteiger partial charge in [-0.2, -0.15) is 17.4 Å². The number of nitrogens with one attached hydrogen (secondary N) is 2. The van der Waals surface area contributed by atoms with E-state index >= 15 is 0 Å². The monoisotopic (exact) mass is 732 g/mol. The van der Waals surface area contributed by atoms with Crippen LogP contribution in [0.4, 0.5) is 15.3 Å². The van der Waals surface area contributed by atoms with E-state index in [1.807, 2.05) is 0 Å². The summed E-state index contributed by atoms with van der Waals surface area (Å²) in [6.07, 6.45) is 0.0599. The minimum absolute atomic E-state index is 0.0424. The molecule has 0 bridgehead atoms. The van der Waals surface area contributed by atoms with Crippen molar-refractivity contribution in [2.75, 3.05) is 6.54 Å². The first kappa shape index (κ1) is 42.7. The number of alkyl carbamates (subject to hydrolysis) is 1. The topological polar surface area (TPSA) is 179 Å². The summed E-state index contributed by atoms with van der Waals surface area (Å²) >= 11 is 0. The molecule has 0 saturated carbocycles. The summed E-state index contributed by atoms with van der Waals surface area (Å²) in [4.78, 5) is 53.9. The number of hydrogen-bond donors (Lipinski definition) is 2. The van der Waals surface area contributed by atoms with Crippen LogP contribution in [0.3, 0.4) is 0 Å². The molecule has 2 amide bonds. The number of aliphatic imine (C=N–C) groups is 1. The first-order valence-corrected chi connectivity index (χ1v) is 18.1. The van der Waals surface area contributed by atoms with E-state index in [4.69, 9.17) is 18.9 Å². The van der Waals surface area contributed by atoms with E-state index in [-0.39, 0.29) is 36.8 Å². The van der Waals surface area contributed by atoms with Crippen LogP contribution in [0.2, 0.25) is 0 Å². The molecule has 2 aromatic rings. The Balaban J connectivity index is 2.02. The standard InChI is InChI=1S/C36H52N4O10S/c1-25(39-32(43)49-35(5,6)7)38-28-19-17-27(18-20-28)31(42)47-29-21-15-26(16-22-29)24-40(33(44)50-36(8,9)10)51(45,46)37-23-13-11-12-14-30(41)48-34(2,3)4/h15-22,37H,11-14,23-24H2,1-10H3,(H,38,39,43). The molecule has 2 rings (SSSR count). The highest BCUT2D eigenvalue weighted by molar-refractivity contribution is 7.87. The summed E-state index contributed by atoms with van der Waals surface area (Å²) in [6.45, 7) is 16.8. The van der Waals surface area contributed by atoms with Crippen LogP contribution in [0.1, 0.15) is 111 Å². The average molecular weight is 733 g/mol. The van der Waals surface area contributed by atoms with Gasteiger partial charge in [0.15, 0.2) is 0 Å². The van der Waals surface area contributed by atoms with Crippen molar-refractivity contribution in [3.63, 3.8) is 0 Å². The molecular weight excluding hydrogens is 680 g/mol. The molecule has 0 aliphatic carbocycles. The third-order valence-corrected chi connectivity index (χ3v) is 7.62. The molecule has 0 atom stereocenters. The maximum atomic E-state index is 13.2. The zero-order valence-electron chi connectivity index (χ0n) is 31.2. The highest BCUT2D eigenvalue weighted by Gasteiger charge is 2.32. The lowest BCUT2D eigenvalue weighted by Gasteiger charge is -2.27. The second kappa shape index (κ2) is 18.1. The van der Waals surface area contributed by atoms with E-state index in [9.17, 15) is 27.6 Å². The molecule has 14 nitrogen and oxygen atoms in total. The number of hydrogen-bond acceptors (Lipinski definition) is 11. The number of carbonyl (C=O) groups is 4. The molecule has 0 unspecified atom stereocenters. The molecule has 2 N–H and O–H groups in total. The molecule has 0 fully saturated rings. The second-order valence-corrected chi connectivity index (χ2v) is 16.4. The van der Waals surface area contributed by atoms with Gasteiger partial charge in [0.2, 0.25) is 0 Å². The molecule has 0 radical (unpaired) electrons. The molecule has 15 heteroatoms. The second-order valence-electron chi connectivity index (χ2n) is 14.7. The molecule has 51 heavy (non-hydrogen) atoms. The third-order valence-electron chi connectivity index (χ3n) is 6.19. The smallest absolute Gasteiger partial charge is 0.425 e. The number of benzene rings is 2. The predicted octanol–water partition coefficient (Wildman–Crippen LogP) is 6.95. The van der Waals surface area contributed by atoms with Crippen molar-refractivity contribution in [2.45, 2.75) is 118 Å². The van der Waals surface area contributed by atoms with Crippen molar-refractivity contribution in [1.29, 1.82) is 0 Å². The Morgan fingerprint density at radius 2 is 1.31 bits per heavy atom. The van der Waals surface area contributed by atoms with Crippen molar-refractivity contribution in [2.24, 2.45) is 4.99 Å². The molecule has 0 aliphatic rings. The van der Waals surface area contributed by atoms with Crippen LogP contribution in [0.15, 0.2) is 53.5 Å². The van der Waals surface area contributed by atoms with E-state index in [0.29, 0.717) is 40.7 Å². The third kappa shape index (κ3) is 17.3. The lowest BCUT2D eigenvalue weighted by atomic mass is 10.1. The fourth-order valence-corrected chi connectivity index (χ4v) is 5.25. The number of amidine groups is 1. The Morgan fingerprint density at radius 3 is 1.86 bits per heavy atom. The van der Waals surface area contributed by atoms with Crippen LogP contribution in [0.25, 0.3) is 0 Å². The SMILES string of the molecule is CC(=Nc1ccc(C(=O)Oc2ccc(CN(C(=O)OC(C)(C)C)S(=O)(=O)NCCCCCC(=O)OC(C)(C)C)cc2)cc1)NC(=O)OC(C)(C)C. The minimum atomic E-state index is -4.31. The van der Waals surface area contributed by atoms with E-state index in [0.717, 1.165) is 0 Å². The molecule has 282 valence electrons.